The average Bonchev–Trinajstić information content (AvgIpc) is 2.30. The topological polar surface area (TPSA) is 17.8 Å². The van der Waals surface area contributed by atoms with E-state index in [0.29, 0.717) is 0 Å². The summed E-state index contributed by atoms with van der Waals surface area (Å²) in [6.07, 6.45) is 1.52. The van der Waals surface area contributed by atoms with Gasteiger partial charge >= 0.3 is 0 Å². The maximum Gasteiger partial charge on any atom is 0.0492 e. The molecule has 0 atom stereocenters. The number of aryl methyl sites for hydroxylation is 1. The summed E-state index contributed by atoms with van der Waals surface area (Å²) in [5, 5.41) is 3.76. The second-order valence-electron chi connectivity index (χ2n) is 2.32. The molecule has 1 heterocycles. The van der Waals surface area contributed by atoms with Gasteiger partial charge in [-0.05, 0) is 12.0 Å². The first kappa shape index (κ1) is 3.40. The van der Waals surface area contributed by atoms with Crippen molar-refractivity contribution in [2.24, 2.45) is 6.98 Å². The Morgan fingerprint density at radius 2 is 2.56 bits per heavy atom. The quantitative estimate of drug-likeness (QED) is 0.559. The van der Waals surface area contributed by atoms with Gasteiger partial charge in [0.05, 0.1) is 0 Å². The van der Waals surface area contributed by atoms with Crippen LogP contribution in [0.1, 0.15) is 29.6 Å². The van der Waals surface area contributed by atoms with Crippen LogP contribution < -0.4 is 0 Å². The Balaban J connectivity index is 3.08. The first-order chi connectivity index (χ1) is 5.43. The van der Waals surface area contributed by atoms with Crippen molar-refractivity contribution in [1.82, 2.24) is 9.78 Å². The van der Waals surface area contributed by atoms with Crippen molar-refractivity contribution in [2.75, 3.05) is 0 Å². The first-order valence-corrected chi connectivity index (χ1v) is 2.97. The summed E-state index contributed by atoms with van der Waals surface area (Å²) >= 11 is 0. The molecule has 0 aliphatic carbocycles. The van der Waals surface area contributed by atoms with E-state index in [1.54, 1.807) is 6.07 Å². The van der Waals surface area contributed by atoms with Gasteiger partial charge in [-0.1, -0.05) is 13.8 Å². The van der Waals surface area contributed by atoms with Crippen molar-refractivity contribution in [1.29, 1.82) is 0 Å². The lowest BCUT2D eigenvalue weighted by atomic mass is 10.1. The zero-order chi connectivity index (χ0) is 9.35. The lowest BCUT2D eigenvalue weighted by Gasteiger charge is -2.02. The van der Waals surface area contributed by atoms with Crippen LogP contribution in [0.25, 0.3) is 0 Å². The van der Waals surface area contributed by atoms with Gasteiger partial charge in [0, 0.05) is 23.0 Å². The largest absolute Gasteiger partial charge is 0.272 e. The van der Waals surface area contributed by atoms with E-state index in [1.165, 1.54) is 6.20 Å². The molecule has 2 heteroatoms. The fourth-order valence-corrected chi connectivity index (χ4v) is 0.751. The third-order valence-electron chi connectivity index (χ3n) is 1.26. The highest BCUT2D eigenvalue weighted by Crippen LogP contribution is 2.10. The molecule has 0 bridgehead atoms. The van der Waals surface area contributed by atoms with E-state index in [0.717, 1.165) is 10.4 Å². The second-order valence-corrected chi connectivity index (χ2v) is 2.32. The molecule has 0 saturated carbocycles. The first-order valence-electron chi connectivity index (χ1n) is 4.47. The predicted octanol–water partition coefficient (Wildman–Crippen LogP) is 1.54. The monoisotopic (exact) mass is 127 g/mol. The summed E-state index contributed by atoms with van der Waals surface area (Å²) in [5.41, 5.74) is 0.745. The summed E-state index contributed by atoms with van der Waals surface area (Å²) < 4.78 is 22.6. The second kappa shape index (κ2) is 2.21. The highest BCUT2D eigenvalue weighted by Gasteiger charge is 2.00. The smallest absolute Gasteiger partial charge is 0.0492 e. The van der Waals surface area contributed by atoms with E-state index >= 15 is 0 Å². The molecule has 1 aromatic heterocycles. The van der Waals surface area contributed by atoms with Gasteiger partial charge in [-0.25, -0.2) is 0 Å². The van der Waals surface area contributed by atoms with Gasteiger partial charge in [0.25, 0.3) is 0 Å². The zero-order valence-corrected chi connectivity index (χ0v) is 5.63. The molecule has 0 N–H and O–H groups in total. The average molecular weight is 127 g/mol. The van der Waals surface area contributed by atoms with E-state index in [9.17, 15) is 0 Å². The Morgan fingerprint density at radius 3 is 3.00 bits per heavy atom. The molecular formula is C7H12N2. The summed E-state index contributed by atoms with van der Waals surface area (Å²) in [5.74, 6) is 0.188. The molecule has 9 heavy (non-hydrogen) atoms. The van der Waals surface area contributed by atoms with Crippen LogP contribution in [-0.4, -0.2) is 9.78 Å². The Bertz CT molecular complexity index is 262. The summed E-state index contributed by atoms with van der Waals surface area (Å²) in [6.45, 7) is 1.74. The van der Waals surface area contributed by atoms with E-state index in [4.69, 9.17) is 4.11 Å². The Kier molecular flexibility index (Phi) is 0.835. The van der Waals surface area contributed by atoms with Gasteiger partial charge in [-0.3, -0.25) is 4.68 Å². The highest BCUT2D eigenvalue weighted by molar-refractivity contribution is 5.04. The highest BCUT2D eigenvalue weighted by atomic mass is 15.3. The maximum absolute atomic E-state index is 7.16. The molecule has 0 aliphatic heterocycles. The third kappa shape index (κ3) is 1.12. The number of rotatable bonds is 1. The fourth-order valence-electron chi connectivity index (χ4n) is 0.751. The Morgan fingerprint density at radius 1 is 1.78 bits per heavy atom. The minimum absolute atomic E-state index is 0.188. The standard InChI is InChI=1S/C7H12N2/c1-6(2)7-4-5-8-9(7)3/h4-6H,1-3H3/i3D3. The van der Waals surface area contributed by atoms with Gasteiger partial charge in [-0.15, -0.1) is 0 Å². The van der Waals surface area contributed by atoms with Crippen LogP contribution in [0.5, 0.6) is 0 Å². The van der Waals surface area contributed by atoms with Crippen LogP contribution >= 0.6 is 0 Å². The van der Waals surface area contributed by atoms with Gasteiger partial charge in [-0.2, -0.15) is 5.10 Å². The molecule has 0 aliphatic rings. The molecule has 0 amide bonds. The van der Waals surface area contributed by atoms with Gasteiger partial charge in [0.15, 0.2) is 0 Å². The predicted molar refractivity (Wildman–Crippen MR) is 37.3 cm³/mol. The number of nitrogens with zero attached hydrogens (tertiary/aromatic N) is 2. The molecule has 1 aromatic rings. The Hall–Kier alpha value is -0.790. The molecule has 0 unspecified atom stereocenters. The molecule has 0 spiro atoms. The van der Waals surface area contributed by atoms with Crippen molar-refractivity contribution < 1.29 is 4.11 Å². The summed E-state index contributed by atoms with van der Waals surface area (Å²) in [4.78, 5) is 0. The van der Waals surface area contributed by atoms with Gasteiger partial charge in [0.1, 0.15) is 0 Å². The van der Waals surface area contributed by atoms with E-state index in [-0.39, 0.29) is 5.92 Å². The van der Waals surface area contributed by atoms with E-state index in [1.807, 2.05) is 13.8 Å². The van der Waals surface area contributed by atoms with Crippen molar-refractivity contribution in [3.05, 3.63) is 18.0 Å². The van der Waals surface area contributed by atoms with Crippen molar-refractivity contribution in [3.8, 4) is 0 Å². The molecule has 0 fully saturated rings. The molecule has 2 nitrogen and oxygen atoms in total. The molecule has 50 valence electrons. The SMILES string of the molecule is [2H]C([2H])([2H])n1nccc1C(C)C. The molecular weight excluding hydrogens is 112 g/mol. The third-order valence-corrected chi connectivity index (χ3v) is 1.26. The van der Waals surface area contributed by atoms with Crippen LogP contribution in [0.4, 0.5) is 0 Å². The van der Waals surface area contributed by atoms with Crippen LogP contribution in [0.2, 0.25) is 0 Å². The van der Waals surface area contributed by atoms with Crippen molar-refractivity contribution in [3.63, 3.8) is 0 Å². The van der Waals surface area contributed by atoms with Crippen LogP contribution in [0.15, 0.2) is 12.3 Å². The number of hydrogen-bond acceptors (Lipinski definition) is 1. The van der Waals surface area contributed by atoms with E-state index in [2.05, 4.69) is 5.10 Å². The molecule has 0 radical (unpaired) electrons. The minimum atomic E-state index is -2.15. The minimum Gasteiger partial charge on any atom is -0.272 e. The van der Waals surface area contributed by atoms with Crippen LogP contribution in [-0.2, 0) is 6.98 Å². The lowest BCUT2D eigenvalue weighted by molar-refractivity contribution is 0.669. The molecule has 0 aromatic carbocycles. The zero-order valence-electron chi connectivity index (χ0n) is 8.63. The van der Waals surface area contributed by atoms with Gasteiger partial charge < -0.3 is 0 Å². The maximum atomic E-state index is 7.16. The molecule has 0 saturated heterocycles. The number of hydrogen-bond donors (Lipinski definition) is 0. The van der Waals surface area contributed by atoms with Crippen molar-refractivity contribution >= 4 is 0 Å². The van der Waals surface area contributed by atoms with Gasteiger partial charge in [0.2, 0.25) is 0 Å². The molecule has 1 rings (SSSR count). The van der Waals surface area contributed by atoms with Crippen molar-refractivity contribution in [2.45, 2.75) is 19.8 Å². The number of aromatic nitrogens is 2. The summed E-state index contributed by atoms with van der Waals surface area (Å²) in [7, 11) is 0. The summed E-state index contributed by atoms with van der Waals surface area (Å²) in [6, 6.07) is 1.73. The van der Waals surface area contributed by atoms with Crippen LogP contribution in [0, 0.1) is 0 Å². The Labute approximate surface area is 59.7 Å². The van der Waals surface area contributed by atoms with Crippen LogP contribution in [0.3, 0.4) is 0 Å². The van der Waals surface area contributed by atoms with E-state index < -0.39 is 6.98 Å². The normalized spacial score (nSPS) is 17.0. The lowest BCUT2D eigenvalue weighted by Crippen LogP contribution is -1.98. The fraction of sp³-hybridized carbons (Fsp3) is 0.571.